The van der Waals surface area contributed by atoms with E-state index in [9.17, 15) is 0 Å². The third-order valence-corrected chi connectivity index (χ3v) is 20.0. The monoisotopic (exact) mass is 1030 g/mol. The third kappa shape index (κ3) is 11.1. The zero-order valence-corrected chi connectivity index (χ0v) is 52.7. The minimum absolute atomic E-state index is 0.0394. The number of hydrogen-bond donors (Lipinski definition) is 1. The van der Waals surface area contributed by atoms with Gasteiger partial charge >= 0.3 is 0 Å². The molecule has 0 fully saturated rings. The second-order valence-electron chi connectivity index (χ2n) is 31.6. The van der Waals surface area contributed by atoms with Crippen LogP contribution in [0.1, 0.15) is 240 Å². The predicted molar refractivity (Wildman–Crippen MR) is 341 cm³/mol. The number of rotatable bonds is 11. The first-order valence-electron chi connectivity index (χ1n) is 30.2. The second kappa shape index (κ2) is 19.5. The molecule has 0 bridgehead atoms. The van der Waals surface area contributed by atoms with Crippen molar-refractivity contribution in [2.75, 3.05) is 10.2 Å². The van der Waals surface area contributed by atoms with Crippen LogP contribution in [0.2, 0.25) is 0 Å². The van der Waals surface area contributed by atoms with Crippen molar-refractivity contribution in [3.05, 3.63) is 140 Å². The Hall–Kier alpha value is -4.76. The molecule has 410 valence electrons. The fraction of sp³-hybridized carbons (Fsp3) is 0.541. The minimum atomic E-state index is 0.0394. The molecule has 1 aliphatic heterocycles. The Morgan fingerprint density at radius 2 is 1.09 bits per heavy atom. The van der Waals surface area contributed by atoms with E-state index >= 15 is 0 Å². The zero-order chi connectivity index (χ0) is 56.4. The molecule has 0 spiro atoms. The van der Waals surface area contributed by atoms with Gasteiger partial charge in [0.15, 0.2) is 7.28 Å². The molecule has 4 aliphatic rings. The predicted octanol–water partition coefficient (Wildman–Crippen LogP) is 20.2. The number of hydrogen-bond acceptors (Lipinski definition) is 2. The minimum Gasteiger partial charge on any atom is -0.355 e. The first kappa shape index (κ1) is 56.9. The summed E-state index contributed by atoms with van der Waals surface area (Å²) < 4.78 is 0. The van der Waals surface area contributed by atoms with Gasteiger partial charge in [-0.15, -0.1) is 0 Å². The van der Waals surface area contributed by atoms with Crippen LogP contribution in [-0.4, -0.2) is 7.28 Å². The van der Waals surface area contributed by atoms with Gasteiger partial charge in [-0.25, -0.2) is 0 Å². The van der Waals surface area contributed by atoms with E-state index in [0.717, 1.165) is 26.5 Å². The van der Waals surface area contributed by atoms with Gasteiger partial charge in [-0.1, -0.05) is 178 Å². The summed E-state index contributed by atoms with van der Waals surface area (Å²) in [5, 5.41) is 4.18. The van der Waals surface area contributed by atoms with Gasteiger partial charge in [-0.3, -0.25) is 0 Å². The van der Waals surface area contributed by atoms with Crippen molar-refractivity contribution >= 4 is 41.0 Å². The highest BCUT2D eigenvalue weighted by molar-refractivity contribution is 6.73. The summed E-state index contributed by atoms with van der Waals surface area (Å²) in [7, 11) is 0.875. The number of aryl methyl sites for hydroxylation is 2. The maximum Gasteiger partial charge on any atom is 0.198 e. The molecule has 1 N–H and O–H groups in total. The third-order valence-electron chi connectivity index (χ3n) is 20.0. The van der Waals surface area contributed by atoms with Gasteiger partial charge < -0.3 is 10.2 Å². The second-order valence-corrected chi connectivity index (χ2v) is 31.6. The van der Waals surface area contributed by atoms with Gasteiger partial charge in [0.1, 0.15) is 0 Å². The molecule has 2 nitrogen and oxygen atoms in total. The van der Waals surface area contributed by atoms with E-state index in [1.54, 1.807) is 5.57 Å². The lowest BCUT2D eigenvalue weighted by Gasteiger charge is -2.42. The molecule has 0 radical (unpaired) electrons. The van der Waals surface area contributed by atoms with E-state index in [4.69, 9.17) is 0 Å². The largest absolute Gasteiger partial charge is 0.355 e. The van der Waals surface area contributed by atoms with Crippen LogP contribution < -0.4 is 21.1 Å². The van der Waals surface area contributed by atoms with Gasteiger partial charge in [-0.05, 0) is 244 Å². The summed E-state index contributed by atoms with van der Waals surface area (Å²) in [6, 6.07) is 30.0. The van der Waals surface area contributed by atoms with E-state index in [-0.39, 0.29) is 37.9 Å². The Balaban J connectivity index is 1.28. The summed E-state index contributed by atoms with van der Waals surface area (Å²) in [6.45, 7) is 53.5. The number of benzene rings is 5. The topological polar surface area (TPSA) is 15.3 Å². The number of nitrogens with one attached hydrogen (secondary N) is 1. The standard InChI is InChI=1S/C74H101BN2/c1-46-39-55(66-64(40-46)77(52-25-28-56(48(3)41-52)70(13,14)34-32-68(8,9)10)63-30-23-50(43-61(63)75-66)69(11,12)33-31-67(5,6)7)65-49(4)53(54-45-60-58(42-47(54)2)72(17,18)37-38-74(60,21)22)26-29-62(65)76-51-24-27-57-59(44-51)73(19,20)36-35-71(57,15)16/h23-24,26-27,29-30,39-45,75-76H,25,28,31-38H2,1-22H3. The molecule has 0 saturated heterocycles. The van der Waals surface area contributed by atoms with Crippen LogP contribution in [0.15, 0.2) is 95.7 Å². The van der Waals surface area contributed by atoms with Gasteiger partial charge in [0.25, 0.3) is 0 Å². The van der Waals surface area contributed by atoms with Crippen molar-refractivity contribution in [3.8, 4) is 22.3 Å². The number of anilines is 4. The Morgan fingerprint density at radius 1 is 0.519 bits per heavy atom. The van der Waals surface area contributed by atoms with E-state index < -0.39 is 0 Å². The fourth-order valence-electron chi connectivity index (χ4n) is 14.3. The molecule has 3 aliphatic carbocycles. The molecular weight excluding hydrogens is 928 g/mol. The maximum atomic E-state index is 4.18. The first-order chi connectivity index (χ1) is 35.5. The first-order valence-corrected chi connectivity index (χ1v) is 30.2. The molecular formula is C74H101BN2. The number of fused-ring (bicyclic) bond motifs is 4. The Bertz CT molecular complexity index is 3200. The molecule has 3 heteroatoms. The van der Waals surface area contributed by atoms with Crippen LogP contribution in [0.5, 0.6) is 0 Å². The lowest BCUT2D eigenvalue weighted by Crippen LogP contribution is -2.43. The van der Waals surface area contributed by atoms with Crippen molar-refractivity contribution in [1.82, 2.24) is 0 Å². The Kier molecular flexibility index (Phi) is 14.4. The Morgan fingerprint density at radius 3 is 1.69 bits per heavy atom. The van der Waals surface area contributed by atoms with E-state index in [2.05, 4.69) is 241 Å². The van der Waals surface area contributed by atoms with Crippen molar-refractivity contribution in [2.24, 2.45) is 16.2 Å². The van der Waals surface area contributed by atoms with Crippen LogP contribution >= 0.6 is 0 Å². The number of nitrogens with zero attached hydrogens (tertiary/aromatic N) is 1. The molecule has 0 amide bonds. The number of allylic oxidation sites excluding steroid dienone is 4. The van der Waals surface area contributed by atoms with E-state index in [1.807, 2.05) is 0 Å². The molecule has 0 atom stereocenters. The quantitative estimate of drug-likeness (QED) is 0.133. The lowest BCUT2D eigenvalue weighted by molar-refractivity contribution is 0.283. The summed E-state index contributed by atoms with van der Waals surface area (Å²) in [5.41, 5.74) is 30.5. The van der Waals surface area contributed by atoms with Crippen molar-refractivity contribution in [1.29, 1.82) is 0 Å². The molecule has 1 heterocycles. The zero-order valence-electron chi connectivity index (χ0n) is 52.7. The normalized spacial score (nSPS) is 18.7. The van der Waals surface area contributed by atoms with Crippen LogP contribution in [0.4, 0.5) is 22.7 Å². The van der Waals surface area contributed by atoms with Gasteiger partial charge in [-0.2, -0.15) is 0 Å². The molecule has 9 rings (SSSR count). The molecule has 5 aromatic rings. The van der Waals surface area contributed by atoms with Crippen molar-refractivity contribution in [3.63, 3.8) is 0 Å². The molecule has 77 heavy (non-hydrogen) atoms. The van der Waals surface area contributed by atoms with Gasteiger partial charge in [0.05, 0.1) is 0 Å². The molecule has 5 aromatic carbocycles. The lowest BCUT2D eigenvalue weighted by atomic mass is 9.57. The van der Waals surface area contributed by atoms with Crippen LogP contribution in [0, 0.1) is 37.0 Å². The van der Waals surface area contributed by atoms with E-state index in [1.165, 1.54) is 157 Å². The van der Waals surface area contributed by atoms with Crippen molar-refractivity contribution < 1.29 is 0 Å². The molecule has 0 saturated carbocycles. The summed E-state index contributed by atoms with van der Waals surface area (Å²) in [5.74, 6) is 0. The average Bonchev–Trinajstić information content (AvgIpc) is 3.32. The highest BCUT2D eigenvalue weighted by Gasteiger charge is 2.40. The molecule has 0 aromatic heterocycles. The van der Waals surface area contributed by atoms with Crippen molar-refractivity contribution in [2.45, 2.75) is 244 Å². The Labute approximate surface area is 471 Å². The summed E-state index contributed by atoms with van der Waals surface area (Å²) >= 11 is 0. The fourth-order valence-corrected chi connectivity index (χ4v) is 14.3. The van der Waals surface area contributed by atoms with Gasteiger partial charge in [0, 0.05) is 34.0 Å². The molecule has 0 unspecified atom stereocenters. The van der Waals surface area contributed by atoms with Crippen LogP contribution in [0.25, 0.3) is 22.3 Å². The van der Waals surface area contributed by atoms with E-state index in [0.29, 0.717) is 5.41 Å². The van der Waals surface area contributed by atoms with Gasteiger partial charge in [0.2, 0.25) is 0 Å². The van der Waals surface area contributed by atoms with Crippen LogP contribution in [0.3, 0.4) is 0 Å². The average molecular weight is 1030 g/mol. The summed E-state index contributed by atoms with van der Waals surface area (Å²) in [6.07, 6.45) is 14.3. The highest BCUT2D eigenvalue weighted by atomic mass is 15.2. The SMILES string of the molecule is CC1=C(C(C)(C)CCC(C)(C)C)CCC(N2c3ccc(C(C)(C)CCC(C)(C)C)cc3Bc3c(-c4c(Nc5ccc6c(c5)C(C)(C)CCC6(C)C)ccc(-c5cc6c(cc5C)C(C)(C)CCC6(C)C)c4C)cc(C)cc32)=C1. The summed E-state index contributed by atoms with van der Waals surface area (Å²) in [4.78, 5) is 2.72. The highest BCUT2D eigenvalue weighted by Crippen LogP contribution is 2.52. The maximum absolute atomic E-state index is 4.18. The smallest absolute Gasteiger partial charge is 0.198 e. The van der Waals surface area contributed by atoms with Crippen LogP contribution in [-0.2, 0) is 27.1 Å².